The van der Waals surface area contributed by atoms with Gasteiger partial charge in [-0.3, -0.25) is 9.69 Å². The predicted octanol–water partition coefficient (Wildman–Crippen LogP) is 1.58. The van der Waals surface area contributed by atoms with E-state index in [1.807, 2.05) is 11.0 Å². The second kappa shape index (κ2) is 6.60. The molecule has 1 aromatic carbocycles. The molecular weight excluding hydrogens is 355 g/mol. The third-order valence-electron chi connectivity index (χ3n) is 6.32. The summed E-state index contributed by atoms with van der Waals surface area (Å²) in [6.45, 7) is 2.66. The van der Waals surface area contributed by atoms with Gasteiger partial charge in [-0.15, -0.1) is 0 Å². The molecule has 4 rings (SSSR count). The number of nitrogens with zero attached hydrogens (tertiary/aromatic N) is 2. The van der Waals surface area contributed by atoms with E-state index in [4.69, 9.17) is 0 Å². The van der Waals surface area contributed by atoms with Crippen molar-refractivity contribution in [3.8, 4) is 0 Å². The van der Waals surface area contributed by atoms with Gasteiger partial charge in [0, 0.05) is 32.2 Å². The number of carbonyl (C=O) groups excluding carboxylic acids is 1. The van der Waals surface area contributed by atoms with Crippen LogP contribution in [0.15, 0.2) is 24.3 Å². The smallest absolute Gasteiger partial charge is 0.233 e. The Morgan fingerprint density at radius 1 is 1.15 bits per heavy atom. The fourth-order valence-electron chi connectivity index (χ4n) is 4.60. The van der Waals surface area contributed by atoms with Crippen LogP contribution in [0.3, 0.4) is 0 Å². The number of rotatable bonds is 3. The van der Waals surface area contributed by atoms with Crippen LogP contribution in [0.4, 0.5) is 4.39 Å². The van der Waals surface area contributed by atoms with Crippen molar-refractivity contribution >= 4 is 15.7 Å². The fourth-order valence-corrected chi connectivity index (χ4v) is 6.36. The topological polar surface area (TPSA) is 57.7 Å². The molecule has 1 unspecified atom stereocenters. The maximum Gasteiger partial charge on any atom is 0.233 e. The highest BCUT2D eigenvalue weighted by atomic mass is 32.2. The monoisotopic (exact) mass is 380 g/mol. The second-order valence-corrected chi connectivity index (χ2v) is 10.1. The van der Waals surface area contributed by atoms with Gasteiger partial charge in [-0.2, -0.15) is 0 Å². The van der Waals surface area contributed by atoms with Crippen molar-refractivity contribution in [2.45, 2.75) is 37.1 Å². The summed E-state index contributed by atoms with van der Waals surface area (Å²) >= 11 is 0. The lowest BCUT2D eigenvalue weighted by Gasteiger charge is -2.46. The van der Waals surface area contributed by atoms with Crippen molar-refractivity contribution in [2.24, 2.45) is 0 Å². The summed E-state index contributed by atoms with van der Waals surface area (Å²) in [7, 11) is -2.89. The first-order valence-corrected chi connectivity index (χ1v) is 11.2. The normalized spacial score (nSPS) is 27.9. The molecule has 7 heteroatoms. The molecule has 142 valence electrons. The number of carbonyl (C=O) groups is 1. The van der Waals surface area contributed by atoms with Gasteiger partial charge in [0.1, 0.15) is 5.82 Å². The molecule has 0 spiro atoms. The minimum absolute atomic E-state index is 0.0955. The van der Waals surface area contributed by atoms with Crippen LogP contribution >= 0.6 is 0 Å². The van der Waals surface area contributed by atoms with Crippen molar-refractivity contribution in [2.75, 3.05) is 37.7 Å². The Balaban J connectivity index is 1.43. The van der Waals surface area contributed by atoms with Gasteiger partial charge < -0.3 is 4.90 Å². The van der Waals surface area contributed by atoms with Crippen molar-refractivity contribution in [3.63, 3.8) is 0 Å². The van der Waals surface area contributed by atoms with Gasteiger partial charge in [0.05, 0.1) is 16.9 Å². The quantitative estimate of drug-likeness (QED) is 0.799. The average Bonchev–Trinajstić information content (AvgIpc) is 2.94. The molecular formula is C19H25FN2O3S. The molecule has 2 saturated heterocycles. The first kappa shape index (κ1) is 17.9. The van der Waals surface area contributed by atoms with Crippen LogP contribution in [0.25, 0.3) is 0 Å². The van der Waals surface area contributed by atoms with E-state index in [2.05, 4.69) is 4.90 Å². The summed E-state index contributed by atoms with van der Waals surface area (Å²) in [5, 5.41) is 0. The average molecular weight is 380 g/mol. The number of piperazine rings is 1. The zero-order chi connectivity index (χ0) is 18.4. The second-order valence-electron chi connectivity index (χ2n) is 7.83. The lowest BCUT2D eigenvalue weighted by molar-refractivity contribution is -0.143. The SMILES string of the molecule is O=C(N1CCN(C2CCS(=O)(=O)C2)CC1)C1(c2cccc(F)c2)CCC1. The van der Waals surface area contributed by atoms with Gasteiger partial charge in [-0.25, -0.2) is 12.8 Å². The highest BCUT2D eigenvalue weighted by molar-refractivity contribution is 7.91. The third-order valence-corrected chi connectivity index (χ3v) is 8.07. The molecule has 26 heavy (non-hydrogen) atoms. The Kier molecular flexibility index (Phi) is 4.55. The summed E-state index contributed by atoms with van der Waals surface area (Å²) < 4.78 is 37.1. The maximum atomic E-state index is 13.7. The lowest BCUT2D eigenvalue weighted by atomic mass is 9.63. The van der Waals surface area contributed by atoms with Crippen LogP contribution in [0, 0.1) is 5.82 Å². The Labute approximate surface area is 154 Å². The molecule has 0 radical (unpaired) electrons. The van der Waals surface area contributed by atoms with Crippen molar-refractivity contribution < 1.29 is 17.6 Å². The minimum atomic E-state index is -2.89. The molecule has 0 aromatic heterocycles. The molecule has 1 aromatic rings. The molecule has 1 atom stereocenters. The van der Waals surface area contributed by atoms with Crippen molar-refractivity contribution in [1.82, 2.24) is 9.80 Å². The Morgan fingerprint density at radius 3 is 2.42 bits per heavy atom. The zero-order valence-corrected chi connectivity index (χ0v) is 15.7. The van der Waals surface area contributed by atoms with Gasteiger partial charge >= 0.3 is 0 Å². The summed E-state index contributed by atoms with van der Waals surface area (Å²) in [6, 6.07) is 6.54. The Hall–Kier alpha value is -1.47. The van der Waals surface area contributed by atoms with E-state index >= 15 is 0 Å². The Morgan fingerprint density at radius 2 is 1.88 bits per heavy atom. The largest absolute Gasteiger partial charge is 0.339 e. The van der Waals surface area contributed by atoms with Crippen molar-refractivity contribution in [3.05, 3.63) is 35.6 Å². The van der Waals surface area contributed by atoms with E-state index in [-0.39, 0.29) is 29.3 Å². The van der Waals surface area contributed by atoms with Gasteiger partial charge in [0.2, 0.25) is 5.91 Å². The lowest BCUT2D eigenvalue weighted by Crippen LogP contribution is -2.58. The van der Waals surface area contributed by atoms with Crippen LogP contribution < -0.4 is 0 Å². The summed E-state index contributed by atoms with van der Waals surface area (Å²) in [5.41, 5.74) is 0.221. The molecule has 1 aliphatic carbocycles. The highest BCUT2D eigenvalue weighted by Gasteiger charge is 2.48. The van der Waals surface area contributed by atoms with Gasteiger partial charge in [0.25, 0.3) is 0 Å². The molecule has 0 bridgehead atoms. The first-order chi connectivity index (χ1) is 12.4. The molecule has 3 fully saturated rings. The third kappa shape index (κ3) is 3.16. The Bertz CT molecular complexity index is 799. The summed E-state index contributed by atoms with van der Waals surface area (Å²) in [4.78, 5) is 17.3. The maximum absolute atomic E-state index is 13.7. The number of benzene rings is 1. The number of sulfone groups is 1. The number of hydrogen-bond acceptors (Lipinski definition) is 4. The highest BCUT2D eigenvalue weighted by Crippen LogP contribution is 2.45. The van der Waals surface area contributed by atoms with E-state index in [0.29, 0.717) is 32.6 Å². The van der Waals surface area contributed by atoms with E-state index in [1.54, 1.807) is 6.07 Å². The van der Waals surface area contributed by atoms with Crippen molar-refractivity contribution in [1.29, 1.82) is 0 Å². The number of hydrogen-bond donors (Lipinski definition) is 0. The number of halogens is 1. The number of amides is 1. The summed E-state index contributed by atoms with van der Waals surface area (Å²) in [6.07, 6.45) is 3.23. The van der Waals surface area contributed by atoms with Crippen LogP contribution in [-0.2, 0) is 20.0 Å². The van der Waals surface area contributed by atoms with Gasteiger partial charge in [-0.05, 0) is 37.0 Å². The van der Waals surface area contributed by atoms with E-state index in [1.165, 1.54) is 12.1 Å². The summed E-state index contributed by atoms with van der Waals surface area (Å²) in [5.74, 6) is 0.329. The first-order valence-electron chi connectivity index (χ1n) is 9.40. The molecule has 0 N–H and O–H groups in total. The molecule has 2 heterocycles. The molecule has 1 saturated carbocycles. The standard InChI is InChI=1S/C19H25FN2O3S/c20-16-4-1-3-15(13-16)19(6-2-7-19)18(23)22-10-8-21(9-11-22)17-5-12-26(24,25)14-17/h1,3-4,13,17H,2,5-12,14H2. The zero-order valence-electron chi connectivity index (χ0n) is 14.9. The van der Waals surface area contributed by atoms with E-state index < -0.39 is 15.3 Å². The van der Waals surface area contributed by atoms with Gasteiger partial charge in [0.15, 0.2) is 9.84 Å². The van der Waals surface area contributed by atoms with Crippen LogP contribution in [-0.4, -0.2) is 67.9 Å². The van der Waals surface area contributed by atoms with Crippen LogP contribution in [0.5, 0.6) is 0 Å². The molecule has 3 aliphatic rings. The molecule has 2 aliphatic heterocycles. The molecule has 1 amide bonds. The van der Waals surface area contributed by atoms with Crippen LogP contribution in [0.2, 0.25) is 0 Å². The molecule has 5 nitrogen and oxygen atoms in total. The van der Waals surface area contributed by atoms with Crippen LogP contribution in [0.1, 0.15) is 31.2 Å². The van der Waals surface area contributed by atoms with E-state index in [9.17, 15) is 17.6 Å². The minimum Gasteiger partial charge on any atom is -0.339 e. The van der Waals surface area contributed by atoms with Gasteiger partial charge in [-0.1, -0.05) is 18.6 Å². The predicted molar refractivity (Wildman–Crippen MR) is 97.1 cm³/mol. The van der Waals surface area contributed by atoms with E-state index in [0.717, 1.165) is 24.8 Å². The fraction of sp³-hybridized carbons (Fsp3) is 0.632.